The third-order valence-corrected chi connectivity index (χ3v) is 5.03. The van der Waals surface area contributed by atoms with E-state index in [4.69, 9.17) is 23.2 Å². The van der Waals surface area contributed by atoms with Crippen molar-refractivity contribution in [1.29, 1.82) is 0 Å². The summed E-state index contributed by atoms with van der Waals surface area (Å²) in [7, 11) is 2.19. The Morgan fingerprint density at radius 1 is 1.24 bits per heavy atom. The lowest BCUT2D eigenvalue weighted by Crippen LogP contribution is -2.53. The van der Waals surface area contributed by atoms with Crippen molar-refractivity contribution in [3.05, 3.63) is 28.0 Å². The number of amides is 1. The van der Waals surface area contributed by atoms with Gasteiger partial charge in [-0.2, -0.15) is 0 Å². The highest BCUT2D eigenvalue weighted by molar-refractivity contribution is 6.33. The van der Waals surface area contributed by atoms with Crippen LogP contribution in [-0.2, 0) is 0 Å². The highest BCUT2D eigenvalue weighted by atomic mass is 35.5. The third kappa shape index (κ3) is 3.17. The smallest absolute Gasteiger partial charge is 0.254 e. The summed E-state index contributed by atoms with van der Waals surface area (Å²) in [5.41, 5.74) is 0.530. The van der Waals surface area contributed by atoms with Crippen molar-refractivity contribution in [1.82, 2.24) is 14.8 Å². The van der Waals surface area contributed by atoms with E-state index in [1.54, 1.807) is 12.1 Å². The average molecular weight is 328 g/mol. The zero-order chi connectivity index (χ0) is 15.0. The zero-order valence-electron chi connectivity index (χ0n) is 12.1. The third-order valence-electron chi connectivity index (χ3n) is 4.64. The lowest BCUT2D eigenvalue weighted by molar-refractivity contribution is 0.0317. The van der Waals surface area contributed by atoms with Gasteiger partial charge in [-0.15, -0.1) is 0 Å². The van der Waals surface area contributed by atoms with E-state index in [1.165, 1.54) is 19.4 Å². The van der Waals surface area contributed by atoms with Gasteiger partial charge in [0.15, 0.2) is 0 Å². The highest BCUT2D eigenvalue weighted by Crippen LogP contribution is 2.30. The molecule has 2 saturated heterocycles. The monoisotopic (exact) mass is 327 g/mol. The number of halogens is 2. The molecule has 2 aliphatic rings. The van der Waals surface area contributed by atoms with Crippen LogP contribution in [0.1, 0.15) is 29.6 Å². The molecule has 4 nitrogen and oxygen atoms in total. The van der Waals surface area contributed by atoms with Crippen LogP contribution < -0.4 is 0 Å². The van der Waals surface area contributed by atoms with Gasteiger partial charge in [-0.25, -0.2) is 4.98 Å². The second-order valence-electron chi connectivity index (χ2n) is 5.99. The molecule has 21 heavy (non-hydrogen) atoms. The van der Waals surface area contributed by atoms with Gasteiger partial charge in [0.25, 0.3) is 5.91 Å². The van der Waals surface area contributed by atoms with Gasteiger partial charge in [0.05, 0.1) is 0 Å². The van der Waals surface area contributed by atoms with E-state index in [0.29, 0.717) is 17.5 Å². The van der Waals surface area contributed by atoms with Crippen LogP contribution in [0.4, 0.5) is 0 Å². The quantitative estimate of drug-likeness (QED) is 0.744. The Bertz CT molecular complexity index is 531. The molecule has 2 unspecified atom stereocenters. The lowest BCUT2D eigenvalue weighted by atomic mass is 9.84. The Morgan fingerprint density at radius 2 is 1.95 bits per heavy atom. The molecular formula is C15H19Cl2N3O. The number of fused-ring (bicyclic) bond motifs is 1. The Labute approximate surface area is 135 Å². The highest BCUT2D eigenvalue weighted by Gasteiger charge is 2.35. The van der Waals surface area contributed by atoms with E-state index in [-0.39, 0.29) is 16.2 Å². The number of hydrogen-bond donors (Lipinski definition) is 0. The van der Waals surface area contributed by atoms with E-state index < -0.39 is 0 Å². The van der Waals surface area contributed by atoms with Crippen molar-refractivity contribution in [3.8, 4) is 0 Å². The van der Waals surface area contributed by atoms with E-state index in [9.17, 15) is 4.79 Å². The second-order valence-corrected chi connectivity index (χ2v) is 6.77. The molecule has 0 aliphatic carbocycles. The van der Waals surface area contributed by atoms with Crippen LogP contribution in [0.25, 0.3) is 0 Å². The number of carbonyl (C=O) groups excluding carboxylic acids is 1. The van der Waals surface area contributed by atoms with Gasteiger partial charge in [0.2, 0.25) is 0 Å². The molecule has 1 amide bonds. The molecule has 0 N–H and O–H groups in total. The van der Waals surface area contributed by atoms with Gasteiger partial charge >= 0.3 is 0 Å². The fourth-order valence-electron chi connectivity index (χ4n) is 3.61. The predicted octanol–water partition coefficient (Wildman–Crippen LogP) is 2.94. The summed E-state index contributed by atoms with van der Waals surface area (Å²) in [4.78, 5) is 20.9. The van der Waals surface area contributed by atoms with Crippen LogP contribution in [0.3, 0.4) is 0 Å². The Hall–Kier alpha value is -0.840. The van der Waals surface area contributed by atoms with E-state index in [1.807, 2.05) is 4.90 Å². The maximum absolute atomic E-state index is 12.6. The minimum absolute atomic E-state index is 0.00729. The molecule has 2 aliphatic heterocycles. The van der Waals surface area contributed by atoms with Crippen molar-refractivity contribution >= 4 is 29.1 Å². The standard InChI is InChI=1S/C15H19Cl2N3O/c1-19-5-2-3-10-9-20(6-4-12(10)19)15(21)11-7-13(16)18-14(17)8-11/h7-8,10,12H,2-6,9H2,1H3. The number of nitrogens with zero attached hydrogens (tertiary/aromatic N) is 3. The molecule has 0 bridgehead atoms. The van der Waals surface area contributed by atoms with Crippen LogP contribution >= 0.6 is 23.2 Å². The number of pyridine rings is 1. The largest absolute Gasteiger partial charge is 0.338 e. The predicted molar refractivity (Wildman–Crippen MR) is 83.9 cm³/mol. The molecule has 3 rings (SSSR count). The first-order chi connectivity index (χ1) is 10.0. The fourth-order valence-corrected chi connectivity index (χ4v) is 4.07. The van der Waals surface area contributed by atoms with Gasteiger partial charge in [-0.3, -0.25) is 4.79 Å². The molecule has 0 spiro atoms. The lowest BCUT2D eigenvalue weighted by Gasteiger charge is -2.46. The molecule has 0 saturated carbocycles. The minimum Gasteiger partial charge on any atom is -0.338 e. The molecule has 3 heterocycles. The van der Waals surface area contributed by atoms with E-state index in [2.05, 4.69) is 16.9 Å². The number of aromatic nitrogens is 1. The Kier molecular flexibility index (Phi) is 4.38. The van der Waals surface area contributed by atoms with Gasteiger partial charge < -0.3 is 9.80 Å². The topological polar surface area (TPSA) is 36.4 Å². The summed E-state index contributed by atoms with van der Waals surface area (Å²) in [6.45, 7) is 2.79. The van der Waals surface area contributed by atoms with Crippen LogP contribution in [0.2, 0.25) is 10.3 Å². The van der Waals surface area contributed by atoms with Crippen molar-refractivity contribution in [2.75, 3.05) is 26.7 Å². The van der Waals surface area contributed by atoms with Gasteiger partial charge in [0, 0.05) is 24.7 Å². The summed E-state index contributed by atoms with van der Waals surface area (Å²) < 4.78 is 0. The second kappa shape index (κ2) is 6.11. The minimum atomic E-state index is 0.00729. The number of likely N-dealkylation sites (tertiary alicyclic amines) is 2. The SMILES string of the molecule is CN1CCCC2CN(C(=O)c3cc(Cl)nc(Cl)c3)CCC21. The molecule has 2 atom stereocenters. The molecule has 2 fully saturated rings. The van der Waals surface area contributed by atoms with Crippen LogP contribution in [0, 0.1) is 5.92 Å². The molecule has 0 radical (unpaired) electrons. The van der Waals surface area contributed by atoms with Gasteiger partial charge in [-0.1, -0.05) is 23.2 Å². The Balaban J connectivity index is 1.74. The van der Waals surface area contributed by atoms with Crippen molar-refractivity contribution in [2.45, 2.75) is 25.3 Å². The molecule has 114 valence electrons. The molecular weight excluding hydrogens is 309 g/mol. The summed E-state index contributed by atoms with van der Waals surface area (Å²) >= 11 is 11.8. The normalized spacial score (nSPS) is 26.5. The summed E-state index contributed by atoms with van der Waals surface area (Å²) in [5, 5.41) is 0.524. The van der Waals surface area contributed by atoms with Gasteiger partial charge in [0.1, 0.15) is 10.3 Å². The summed E-state index contributed by atoms with van der Waals surface area (Å²) in [5.74, 6) is 0.585. The fraction of sp³-hybridized carbons (Fsp3) is 0.600. The molecule has 6 heteroatoms. The maximum atomic E-state index is 12.6. The van der Waals surface area contributed by atoms with Crippen molar-refractivity contribution < 1.29 is 4.79 Å². The maximum Gasteiger partial charge on any atom is 0.254 e. The first-order valence-electron chi connectivity index (χ1n) is 7.37. The van der Waals surface area contributed by atoms with Crippen molar-refractivity contribution in [2.24, 2.45) is 5.92 Å². The number of rotatable bonds is 1. The van der Waals surface area contributed by atoms with Crippen LogP contribution in [0.5, 0.6) is 0 Å². The van der Waals surface area contributed by atoms with Crippen LogP contribution in [-0.4, -0.2) is 53.4 Å². The molecule has 1 aromatic rings. The van der Waals surface area contributed by atoms with E-state index >= 15 is 0 Å². The first-order valence-corrected chi connectivity index (χ1v) is 8.13. The Morgan fingerprint density at radius 3 is 2.67 bits per heavy atom. The zero-order valence-corrected chi connectivity index (χ0v) is 13.6. The summed E-state index contributed by atoms with van der Waals surface area (Å²) in [6, 6.07) is 3.80. The van der Waals surface area contributed by atoms with Crippen molar-refractivity contribution in [3.63, 3.8) is 0 Å². The average Bonchev–Trinajstić information content (AvgIpc) is 2.45. The number of piperidine rings is 2. The molecule has 0 aromatic carbocycles. The van der Waals surface area contributed by atoms with Crippen LogP contribution in [0.15, 0.2) is 12.1 Å². The first kappa shape index (κ1) is 15.1. The summed E-state index contributed by atoms with van der Waals surface area (Å²) in [6.07, 6.45) is 3.46. The van der Waals surface area contributed by atoms with E-state index in [0.717, 1.165) is 19.5 Å². The number of carbonyl (C=O) groups is 1. The van der Waals surface area contributed by atoms with Gasteiger partial charge in [-0.05, 0) is 50.9 Å². The number of hydrogen-bond acceptors (Lipinski definition) is 3. The molecule has 1 aromatic heterocycles.